The molecule has 1 amide bonds. The molecule has 0 spiro atoms. The predicted octanol–water partition coefficient (Wildman–Crippen LogP) is 0.131. The van der Waals surface area contributed by atoms with Crippen molar-refractivity contribution in [2.75, 3.05) is 13.1 Å². The Morgan fingerprint density at radius 3 is 2.20 bits per heavy atom. The van der Waals surface area contributed by atoms with Gasteiger partial charge in [-0.1, -0.05) is 12.8 Å². The summed E-state index contributed by atoms with van der Waals surface area (Å²) in [5.74, 6) is 0.630. The first-order valence-electron chi connectivity index (χ1n) is 5.80. The molecule has 2 atom stereocenters. The summed E-state index contributed by atoms with van der Waals surface area (Å²) in [6.07, 6.45) is 3.89. The Labute approximate surface area is 89.9 Å². The minimum atomic E-state index is -0.752. The fourth-order valence-electron chi connectivity index (χ4n) is 2.56. The van der Waals surface area contributed by atoms with Crippen molar-refractivity contribution in [3.63, 3.8) is 0 Å². The summed E-state index contributed by atoms with van der Waals surface area (Å²) in [6, 6.07) is 0. The Kier molecular flexibility index (Phi) is 3.26. The average molecular weight is 213 g/mol. The highest BCUT2D eigenvalue weighted by molar-refractivity contribution is 5.76. The molecule has 0 aromatic rings. The first-order valence-corrected chi connectivity index (χ1v) is 5.80. The second-order valence-electron chi connectivity index (χ2n) is 4.79. The molecule has 86 valence electrons. The van der Waals surface area contributed by atoms with Crippen LogP contribution in [0.2, 0.25) is 0 Å². The van der Waals surface area contributed by atoms with Crippen molar-refractivity contribution >= 4 is 5.91 Å². The van der Waals surface area contributed by atoms with Crippen molar-refractivity contribution in [2.24, 2.45) is 5.92 Å². The van der Waals surface area contributed by atoms with Crippen LogP contribution in [0.1, 0.15) is 32.1 Å². The molecule has 1 aliphatic heterocycles. The predicted molar refractivity (Wildman–Crippen MR) is 55.2 cm³/mol. The highest BCUT2D eigenvalue weighted by Crippen LogP contribution is 2.28. The molecule has 2 aliphatic rings. The lowest BCUT2D eigenvalue weighted by molar-refractivity contribution is -0.131. The second-order valence-corrected chi connectivity index (χ2v) is 4.79. The monoisotopic (exact) mass is 213 g/mol. The van der Waals surface area contributed by atoms with E-state index in [2.05, 4.69) is 0 Å². The van der Waals surface area contributed by atoms with Crippen LogP contribution < -0.4 is 0 Å². The molecule has 4 nitrogen and oxygen atoms in total. The largest absolute Gasteiger partial charge is 0.388 e. The second kappa shape index (κ2) is 4.49. The standard InChI is InChI=1S/C11H19NO3/c13-9-6-12(7-10(9)14)11(15)5-8-3-1-2-4-8/h8-10,13-14H,1-7H2. The molecule has 1 saturated carbocycles. The zero-order valence-corrected chi connectivity index (χ0v) is 8.93. The molecule has 0 aromatic carbocycles. The van der Waals surface area contributed by atoms with Crippen molar-refractivity contribution in [1.29, 1.82) is 0 Å². The molecule has 2 rings (SSSR count). The fraction of sp³-hybridized carbons (Fsp3) is 0.909. The van der Waals surface area contributed by atoms with Crippen molar-refractivity contribution in [1.82, 2.24) is 4.90 Å². The molecule has 0 bridgehead atoms. The summed E-state index contributed by atoms with van der Waals surface area (Å²) in [5.41, 5.74) is 0. The maximum Gasteiger partial charge on any atom is 0.223 e. The number of aliphatic hydroxyl groups excluding tert-OH is 2. The number of rotatable bonds is 2. The molecular formula is C11H19NO3. The summed E-state index contributed by atoms with van der Waals surface area (Å²) >= 11 is 0. The molecule has 0 aromatic heterocycles. The van der Waals surface area contributed by atoms with Crippen molar-refractivity contribution in [3.8, 4) is 0 Å². The number of amides is 1. The van der Waals surface area contributed by atoms with Gasteiger partial charge in [-0.2, -0.15) is 0 Å². The zero-order chi connectivity index (χ0) is 10.8. The third-order valence-corrected chi connectivity index (χ3v) is 3.55. The highest BCUT2D eigenvalue weighted by atomic mass is 16.3. The summed E-state index contributed by atoms with van der Waals surface area (Å²) < 4.78 is 0. The van der Waals surface area contributed by atoms with E-state index in [9.17, 15) is 15.0 Å². The Hall–Kier alpha value is -0.610. The fourth-order valence-corrected chi connectivity index (χ4v) is 2.56. The smallest absolute Gasteiger partial charge is 0.223 e. The maximum absolute atomic E-state index is 11.8. The van der Waals surface area contributed by atoms with Gasteiger partial charge >= 0.3 is 0 Å². The van der Waals surface area contributed by atoms with E-state index in [4.69, 9.17) is 0 Å². The summed E-state index contributed by atoms with van der Waals surface area (Å²) in [5, 5.41) is 18.7. The number of β-amino-alcohol motifs (C(OH)–C–C–N with tert-alkyl or cyclic N) is 2. The van der Waals surface area contributed by atoms with Gasteiger partial charge in [-0.05, 0) is 18.8 Å². The van der Waals surface area contributed by atoms with E-state index >= 15 is 0 Å². The van der Waals surface area contributed by atoms with Crippen molar-refractivity contribution in [3.05, 3.63) is 0 Å². The van der Waals surface area contributed by atoms with E-state index in [-0.39, 0.29) is 5.91 Å². The summed E-state index contributed by atoms with van der Waals surface area (Å²) in [4.78, 5) is 13.4. The normalized spacial score (nSPS) is 32.5. The molecule has 4 heteroatoms. The minimum Gasteiger partial charge on any atom is -0.388 e. The number of nitrogens with zero attached hydrogens (tertiary/aromatic N) is 1. The molecule has 1 aliphatic carbocycles. The number of hydrogen-bond acceptors (Lipinski definition) is 3. The Bertz CT molecular complexity index is 228. The number of aliphatic hydroxyl groups is 2. The van der Waals surface area contributed by atoms with E-state index in [1.165, 1.54) is 12.8 Å². The van der Waals surface area contributed by atoms with Crippen LogP contribution in [0.5, 0.6) is 0 Å². The van der Waals surface area contributed by atoms with Gasteiger partial charge in [0.2, 0.25) is 5.91 Å². The number of carbonyl (C=O) groups is 1. The highest BCUT2D eigenvalue weighted by Gasteiger charge is 2.33. The minimum absolute atomic E-state index is 0.0949. The van der Waals surface area contributed by atoms with Crippen LogP contribution in [0.3, 0.4) is 0 Å². The van der Waals surface area contributed by atoms with Crippen molar-refractivity contribution < 1.29 is 15.0 Å². The van der Waals surface area contributed by atoms with E-state index in [0.717, 1.165) is 12.8 Å². The topological polar surface area (TPSA) is 60.8 Å². The van der Waals surface area contributed by atoms with Crippen LogP contribution in [0.15, 0.2) is 0 Å². The first kappa shape index (κ1) is 10.9. The molecule has 15 heavy (non-hydrogen) atoms. The van der Waals surface area contributed by atoms with Gasteiger partial charge in [-0.3, -0.25) is 4.79 Å². The van der Waals surface area contributed by atoms with Crippen molar-refractivity contribution in [2.45, 2.75) is 44.3 Å². The third kappa shape index (κ3) is 2.49. The van der Waals surface area contributed by atoms with E-state index in [0.29, 0.717) is 25.4 Å². The summed E-state index contributed by atoms with van der Waals surface area (Å²) in [7, 11) is 0. The van der Waals surface area contributed by atoms with Gasteiger partial charge in [0, 0.05) is 19.5 Å². The third-order valence-electron chi connectivity index (χ3n) is 3.55. The van der Waals surface area contributed by atoms with Crippen LogP contribution >= 0.6 is 0 Å². The van der Waals surface area contributed by atoms with Crippen LogP contribution in [-0.2, 0) is 4.79 Å². The molecule has 1 saturated heterocycles. The lowest BCUT2D eigenvalue weighted by Gasteiger charge is -2.17. The average Bonchev–Trinajstić information content (AvgIpc) is 2.78. The first-order chi connectivity index (χ1) is 7.16. The lowest BCUT2D eigenvalue weighted by Crippen LogP contribution is -2.30. The number of likely N-dealkylation sites (tertiary alicyclic amines) is 1. The molecule has 0 radical (unpaired) electrons. The molecular weight excluding hydrogens is 194 g/mol. The van der Waals surface area contributed by atoms with Gasteiger partial charge in [0.1, 0.15) is 0 Å². The summed E-state index contributed by atoms with van der Waals surface area (Å²) in [6.45, 7) is 0.597. The maximum atomic E-state index is 11.8. The Morgan fingerprint density at radius 1 is 1.13 bits per heavy atom. The molecule has 2 unspecified atom stereocenters. The number of carbonyl (C=O) groups excluding carboxylic acids is 1. The van der Waals surface area contributed by atoms with Gasteiger partial charge in [-0.15, -0.1) is 0 Å². The molecule has 2 fully saturated rings. The van der Waals surface area contributed by atoms with E-state index in [1.54, 1.807) is 4.90 Å². The quantitative estimate of drug-likeness (QED) is 0.685. The number of hydrogen-bond donors (Lipinski definition) is 2. The Balaban J connectivity index is 1.81. The van der Waals surface area contributed by atoms with Crippen LogP contribution in [-0.4, -0.2) is 46.3 Å². The lowest BCUT2D eigenvalue weighted by atomic mass is 10.0. The molecule has 2 N–H and O–H groups in total. The van der Waals surface area contributed by atoms with Crippen LogP contribution in [0.4, 0.5) is 0 Å². The van der Waals surface area contributed by atoms with Gasteiger partial charge in [0.05, 0.1) is 12.2 Å². The van der Waals surface area contributed by atoms with Gasteiger partial charge in [0.15, 0.2) is 0 Å². The zero-order valence-electron chi connectivity index (χ0n) is 8.93. The van der Waals surface area contributed by atoms with E-state index in [1.807, 2.05) is 0 Å². The van der Waals surface area contributed by atoms with Crippen LogP contribution in [0, 0.1) is 5.92 Å². The van der Waals surface area contributed by atoms with Gasteiger partial charge < -0.3 is 15.1 Å². The Morgan fingerprint density at radius 2 is 1.67 bits per heavy atom. The van der Waals surface area contributed by atoms with Crippen LogP contribution in [0.25, 0.3) is 0 Å². The SMILES string of the molecule is O=C(CC1CCCC1)N1CC(O)C(O)C1. The molecule has 1 heterocycles. The van der Waals surface area contributed by atoms with Gasteiger partial charge in [-0.25, -0.2) is 0 Å². The van der Waals surface area contributed by atoms with E-state index < -0.39 is 12.2 Å². The van der Waals surface area contributed by atoms with Gasteiger partial charge in [0.25, 0.3) is 0 Å².